The zero-order valence-electron chi connectivity index (χ0n) is 11.0. The second-order valence-corrected chi connectivity index (χ2v) is 4.96. The number of carbonyl (C=O) groups excluding carboxylic acids is 1. The first-order chi connectivity index (χ1) is 9.15. The van der Waals surface area contributed by atoms with Crippen molar-refractivity contribution < 1.29 is 14.3 Å². The Bertz CT molecular complexity index is 438. The molecule has 0 spiro atoms. The zero-order chi connectivity index (χ0) is 13.8. The van der Waals surface area contributed by atoms with E-state index in [1.165, 1.54) is 6.20 Å². The van der Waals surface area contributed by atoms with Gasteiger partial charge in [0.05, 0.1) is 23.8 Å². The summed E-state index contributed by atoms with van der Waals surface area (Å²) in [6.07, 6.45) is 2.31. The molecule has 0 radical (unpaired) electrons. The van der Waals surface area contributed by atoms with Gasteiger partial charge in [0.2, 0.25) is 0 Å². The van der Waals surface area contributed by atoms with Gasteiger partial charge in [-0.3, -0.25) is 4.79 Å². The smallest absolute Gasteiger partial charge is 0.272 e. The summed E-state index contributed by atoms with van der Waals surface area (Å²) in [7, 11) is 3.28. The van der Waals surface area contributed by atoms with Crippen molar-refractivity contribution in [2.75, 3.05) is 27.4 Å². The van der Waals surface area contributed by atoms with Gasteiger partial charge in [0, 0.05) is 27.0 Å². The standard InChI is InChI=1S/C13H17ClN2O3/c1-18-8-10-5-11(19-2)7-16(10)13(17)12-4-3-9(14)6-15-12/h3-4,6,10-11H,5,7-8H2,1-2H3/t10-,11-/m0/s1. The maximum Gasteiger partial charge on any atom is 0.272 e. The molecule has 1 saturated heterocycles. The highest BCUT2D eigenvalue weighted by molar-refractivity contribution is 6.30. The average molecular weight is 285 g/mol. The number of amides is 1. The Balaban J connectivity index is 2.14. The SMILES string of the molecule is COC[C@@H]1C[C@H](OC)CN1C(=O)c1ccc(Cl)cn1. The first-order valence-corrected chi connectivity index (χ1v) is 6.47. The van der Waals surface area contributed by atoms with Crippen LogP contribution in [-0.2, 0) is 9.47 Å². The molecule has 6 heteroatoms. The molecule has 1 fully saturated rings. The number of pyridine rings is 1. The molecule has 0 N–H and O–H groups in total. The lowest BCUT2D eigenvalue weighted by atomic mass is 10.2. The van der Waals surface area contributed by atoms with E-state index in [-0.39, 0.29) is 18.1 Å². The summed E-state index contributed by atoms with van der Waals surface area (Å²) in [5, 5.41) is 0.515. The van der Waals surface area contributed by atoms with E-state index in [9.17, 15) is 4.79 Å². The molecule has 2 atom stereocenters. The third kappa shape index (κ3) is 3.23. The van der Waals surface area contributed by atoms with Crippen LogP contribution in [0.3, 0.4) is 0 Å². The van der Waals surface area contributed by atoms with Gasteiger partial charge < -0.3 is 14.4 Å². The topological polar surface area (TPSA) is 51.7 Å². The van der Waals surface area contributed by atoms with Crippen LogP contribution in [0, 0.1) is 0 Å². The van der Waals surface area contributed by atoms with E-state index in [0.29, 0.717) is 23.9 Å². The highest BCUT2D eigenvalue weighted by Gasteiger charge is 2.36. The fourth-order valence-corrected chi connectivity index (χ4v) is 2.40. The first kappa shape index (κ1) is 14.2. The van der Waals surface area contributed by atoms with Gasteiger partial charge in [0.1, 0.15) is 5.69 Å². The summed E-state index contributed by atoms with van der Waals surface area (Å²) in [4.78, 5) is 18.2. The summed E-state index contributed by atoms with van der Waals surface area (Å²) in [6.45, 7) is 1.06. The van der Waals surface area contributed by atoms with Gasteiger partial charge in [0.15, 0.2) is 0 Å². The van der Waals surface area contributed by atoms with Crippen molar-refractivity contribution in [3.63, 3.8) is 0 Å². The number of rotatable bonds is 4. The van der Waals surface area contributed by atoms with Gasteiger partial charge in [-0.15, -0.1) is 0 Å². The Hall–Kier alpha value is -1.17. The number of methoxy groups -OCH3 is 2. The molecule has 0 unspecified atom stereocenters. The highest BCUT2D eigenvalue weighted by Crippen LogP contribution is 2.22. The van der Waals surface area contributed by atoms with Crippen LogP contribution in [0.2, 0.25) is 5.02 Å². The van der Waals surface area contributed by atoms with Crippen molar-refractivity contribution in [3.8, 4) is 0 Å². The van der Waals surface area contributed by atoms with Crippen molar-refractivity contribution in [2.45, 2.75) is 18.6 Å². The molecule has 1 aromatic heterocycles. The van der Waals surface area contributed by atoms with E-state index in [2.05, 4.69) is 4.98 Å². The number of nitrogens with zero attached hydrogens (tertiary/aromatic N) is 2. The molecule has 1 aliphatic rings. The number of hydrogen-bond donors (Lipinski definition) is 0. The maximum absolute atomic E-state index is 12.4. The normalized spacial score (nSPS) is 22.8. The molecule has 0 saturated carbocycles. The number of halogens is 1. The largest absolute Gasteiger partial charge is 0.383 e. The van der Waals surface area contributed by atoms with Crippen molar-refractivity contribution in [1.29, 1.82) is 0 Å². The Morgan fingerprint density at radius 2 is 2.32 bits per heavy atom. The molecule has 1 aliphatic heterocycles. The molecular weight excluding hydrogens is 268 g/mol. The van der Waals surface area contributed by atoms with E-state index in [1.54, 1.807) is 31.3 Å². The first-order valence-electron chi connectivity index (χ1n) is 6.10. The molecule has 1 aromatic rings. The van der Waals surface area contributed by atoms with Crippen LogP contribution in [0.25, 0.3) is 0 Å². The van der Waals surface area contributed by atoms with Crippen LogP contribution >= 0.6 is 11.6 Å². The van der Waals surface area contributed by atoms with Crippen molar-refractivity contribution in [2.24, 2.45) is 0 Å². The molecular formula is C13H17ClN2O3. The average Bonchev–Trinajstić information content (AvgIpc) is 2.82. The van der Waals surface area contributed by atoms with E-state index in [1.807, 2.05) is 0 Å². The van der Waals surface area contributed by atoms with E-state index in [4.69, 9.17) is 21.1 Å². The Kier molecular flexibility index (Phi) is 4.74. The minimum absolute atomic E-state index is 0.0277. The van der Waals surface area contributed by atoms with Gasteiger partial charge in [-0.05, 0) is 18.6 Å². The maximum atomic E-state index is 12.4. The van der Waals surface area contributed by atoms with Crippen LogP contribution in [0.1, 0.15) is 16.9 Å². The molecule has 0 bridgehead atoms. The molecule has 104 valence electrons. The monoisotopic (exact) mass is 284 g/mol. The van der Waals surface area contributed by atoms with Gasteiger partial charge in [0.25, 0.3) is 5.91 Å². The fraction of sp³-hybridized carbons (Fsp3) is 0.538. The van der Waals surface area contributed by atoms with Crippen LogP contribution in [0.15, 0.2) is 18.3 Å². The molecule has 0 aromatic carbocycles. The Labute approximate surface area is 117 Å². The third-order valence-electron chi connectivity index (χ3n) is 3.28. The van der Waals surface area contributed by atoms with E-state index >= 15 is 0 Å². The summed E-state index contributed by atoms with van der Waals surface area (Å²) in [6, 6.07) is 3.32. The number of ether oxygens (including phenoxy) is 2. The molecule has 5 nitrogen and oxygen atoms in total. The number of carbonyl (C=O) groups is 1. The number of likely N-dealkylation sites (tertiary alicyclic amines) is 1. The quantitative estimate of drug-likeness (QED) is 0.843. The van der Waals surface area contributed by atoms with Crippen molar-refractivity contribution in [3.05, 3.63) is 29.0 Å². The predicted octanol–water partition coefficient (Wildman–Crippen LogP) is 1.61. The molecule has 0 aliphatic carbocycles. The lowest BCUT2D eigenvalue weighted by Gasteiger charge is -2.23. The summed E-state index contributed by atoms with van der Waals surface area (Å²) >= 11 is 5.77. The van der Waals surface area contributed by atoms with E-state index < -0.39 is 0 Å². The van der Waals surface area contributed by atoms with E-state index in [0.717, 1.165) is 6.42 Å². The van der Waals surface area contributed by atoms with Crippen LogP contribution < -0.4 is 0 Å². The van der Waals surface area contributed by atoms with Gasteiger partial charge in [-0.2, -0.15) is 0 Å². The molecule has 19 heavy (non-hydrogen) atoms. The Morgan fingerprint density at radius 1 is 1.53 bits per heavy atom. The minimum atomic E-state index is -0.113. The van der Waals surface area contributed by atoms with Gasteiger partial charge in [-0.1, -0.05) is 11.6 Å². The van der Waals surface area contributed by atoms with Gasteiger partial charge in [-0.25, -0.2) is 4.98 Å². The summed E-state index contributed by atoms with van der Waals surface area (Å²) in [5.74, 6) is -0.113. The summed E-state index contributed by atoms with van der Waals surface area (Å²) < 4.78 is 10.5. The third-order valence-corrected chi connectivity index (χ3v) is 3.50. The van der Waals surface area contributed by atoms with Crippen LogP contribution in [0.5, 0.6) is 0 Å². The number of hydrogen-bond acceptors (Lipinski definition) is 4. The Morgan fingerprint density at radius 3 is 2.89 bits per heavy atom. The minimum Gasteiger partial charge on any atom is -0.383 e. The zero-order valence-corrected chi connectivity index (χ0v) is 11.8. The second-order valence-electron chi connectivity index (χ2n) is 4.52. The highest BCUT2D eigenvalue weighted by atomic mass is 35.5. The molecule has 2 heterocycles. The number of aromatic nitrogens is 1. The van der Waals surface area contributed by atoms with Gasteiger partial charge >= 0.3 is 0 Å². The van der Waals surface area contributed by atoms with Crippen LogP contribution in [0.4, 0.5) is 0 Å². The van der Waals surface area contributed by atoms with Crippen molar-refractivity contribution in [1.82, 2.24) is 9.88 Å². The predicted molar refractivity (Wildman–Crippen MR) is 71.4 cm³/mol. The fourth-order valence-electron chi connectivity index (χ4n) is 2.29. The van der Waals surface area contributed by atoms with Crippen molar-refractivity contribution >= 4 is 17.5 Å². The summed E-state index contributed by atoms with van der Waals surface area (Å²) in [5.41, 5.74) is 0.391. The van der Waals surface area contributed by atoms with Crippen LogP contribution in [-0.4, -0.2) is 55.3 Å². The second kappa shape index (κ2) is 6.32. The molecule has 1 amide bonds. The lowest BCUT2D eigenvalue weighted by Crippen LogP contribution is -2.38. The molecule has 2 rings (SSSR count). The lowest BCUT2D eigenvalue weighted by molar-refractivity contribution is 0.0606.